The molecule has 3 rings (SSSR count). The molecule has 0 saturated carbocycles. The van der Waals surface area contributed by atoms with Gasteiger partial charge in [-0.2, -0.15) is 0 Å². The summed E-state index contributed by atoms with van der Waals surface area (Å²) in [5.74, 6) is -0.283. The molecule has 1 atom stereocenters. The molecule has 0 aromatic heterocycles. The van der Waals surface area contributed by atoms with Crippen molar-refractivity contribution in [2.75, 3.05) is 6.54 Å². The van der Waals surface area contributed by atoms with Gasteiger partial charge in [0.2, 0.25) is 10.0 Å². The van der Waals surface area contributed by atoms with Gasteiger partial charge in [0.05, 0.1) is 4.90 Å². The van der Waals surface area contributed by atoms with Crippen LogP contribution in [0.5, 0.6) is 0 Å². The molecule has 3 aromatic carbocycles. The first-order valence-electron chi connectivity index (χ1n) is 9.03. The summed E-state index contributed by atoms with van der Waals surface area (Å²) < 4.78 is 41.0. The Morgan fingerprint density at radius 1 is 0.893 bits per heavy atom. The highest BCUT2D eigenvalue weighted by molar-refractivity contribution is 7.89. The Bertz CT molecular complexity index is 989. The molecule has 0 radical (unpaired) electrons. The lowest BCUT2D eigenvalue weighted by atomic mass is 10.1. The summed E-state index contributed by atoms with van der Waals surface area (Å²) >= 11 is 0. The van der Waals surface area contributed by atoms with Gasteiger partial charge in [-0.3, -0.25) is 0 Å². The first kappa shape index (κ1) is 20.2. The van der Waals surface area contributed by atoms with Gasteiger partial charge in [-0.15, -0.1) is 0 Å². The minimum absolute atomic E-state index is 0.196. The maximum absolute atomic E-state index is 13.1. The van der Waals surface area contributed by atoms with Gasteiger partial charge >= 0.3 is 0 Å². The second-order valence-corrected chi connectivity index (χ2v) is 8.40. The fourth-order valence-electron chi connectivity index (χ4n) is 2.83. The van der Waals surface area contributed by atoms with E-state index in [0.29, 0.717) is 6.54 Å². The quantitative estimate of drug-likeness (QED) is 0.604. The lowest BCUT2D eigenvalue weighted by Crippen LogP contribution is -2.34. The molecule has 0 fully saturated rings. The standard InChI is InChI=1S/C22H23FN2O2S/c1-17-7-13-21(14-8-17)28(26,27)25-16-22(19-5-3-2-4-6-19)24-15-18-9-11-20(23)12-10-18/h2-14,22,24-25H,15-16H2,1H3/t22-/m1/s1. The zero-order valence-corrected chi connectivity index (χ0v) is 16.4. The van der Waals surface area contributed by atoms with Crippen LogP contribution in [0.1, 0.15) is 22.7 Å². The Morgan fingerprint density at radius 3 is 2.18 bits per heavy atom. The van der Waals surface area contributed by atoms with E-state index in [0.717, 1.165) is 16.7 Å². The predicted octanol–water partition coefficient (Wildman–Crippen LogP) is 3.94. The third-order valence-corrected chi connectivity index (χ3v) is 5.92. The van der Waals surface area contributed by atoms with Crippen LogP contribution < -0.4 is 10.0 Å². The summed E-state index contributed by atoms with van der Waals surface area (Å²) in [5, 5.41) is 3.36. The van der Waals surface area contributed by atoms with Crippen molar-refractivity contribution in [2.45, 2.75) is 24.4 Å². The van der Waals surface area contributed by atoms with Crippen LogP contribution in [0.3, 0.4) is 0 Å². The first-order chi connectivity index (χ1) is 13.4. The minimum atomic E-state index is -3.61. The topological polar surface area (TPSA) is 58.2 Å². The normalized spacial score (nSPS) is 12.6. The molecule has 146 valence electrons. The van der Waals surface area contributed by atoms with Crippen LogP contribution in [-0.4, -0.2) is 15.0 Å². The number of benzene rings is 3. The van der Waals surface area contributed by atoms with Gasteiger partial charge in [0.15, 0.2) is 0 Å². The Hall–Kier alpha value is -2.54. The fraction of sp³-hybridized carbons (Fsp3) is 0.182. The number of rotatable bonds is 8. The third-order valence-electron chi connectivity index (χ3n) is 4.48. The van der Waals surface area contributed by atoms with Crippen LogP contribution in [0, 0.1) is 12.7 Å². The van der Waals surface area contributed by atoms with Crippen molar-refractivity contribution in [2.24, 2.45) is 0 Å². The average Bonchev–Trinajstić information content (AvgIpc) is 2.70. The predicted molar refractivity (Wildman–Crippen MR) is 109 cm³/mol. The lowest BCUT2D eigenvalue weighted by Gasteiger charge is -2.20. The van der Waals surface area contributed by atoms with Gasteiger partial charge in [-0.1, -0.05) is 60.2 Å². The molecular formula is C22H23FN2O2S. The van der Waals surface area contributed by atoms with Gasteiger partial charge in [0.25, 0.3) is 0 Å². The largest absolute Gasteiger partial charge is 0.305 e. The lowest BCUT2D eigenvalue weighted by molar-refractivity contribution is 0.512. The van der Waals surface area contributed by atoms with Crippen LogP contribution in [0.2, 0.25) is 0 Å². The van der Waals surface area contributed by atoms with Crippen LogP contribution >= 0.6 is 0 Å². The average molecular weight is 399 g/mol. The van der Waals surface area contributed by atoms with Crippen LogP contribution in [-0.2, 0) is 16.6 Å². The summed E-state index contributed by atoms with van der Waals surface area (Å²) in [6, 6.07) is 22.4. The van der Waals surface area contributed by atoms with Crippen molar-refractivity contribution in [3.8, 4) is 0 Å². The van der Waals surface area contributed by atoms with Crippen LogP contribution in [0.4, 0.5) is 4.39 Å². The van der Waals surface area contributed by atoms with Gasteiger partial charge in [0.1, 0.15) is 5.82 Å². The number of nitrogens with one attached hydrogen (secondary N) is 2. The molecule has 0 saturated heterocycles. The van der Waals surface area contributed by atoms with E-state index in [1.807, 2.05) is 37.3 Å². The molecular weight excluding hydrogens is 375 g/mol. The number of hydrogen-bond donors (Lipinski definition) is 2. The maximum Gasteiger partial charge on any atom is 0.240 e. The van der Waals surface area contributed by atoms with E-state index in [1.54, 1.807) is 36.4 Å². The zero-order valence-electron chi connectivity index (χ0n) is 15.6. The molecule has 2 N–H and O–H groups in total. The summed E-state index contributed by atoms with van der Waals surface area (Å²) in [6.45, 7) is 2.60. The summed E-state index contributed by atoms with van der Waals surface area (Å²) in [7, 11) is -3.61. The third kappa shape index (κ3) is 5.48. The molecule has 0 unspecified atom stereocenters. The molecule has 0 spiro atoms. The van der Waals surface area contributed by atoms with Gasteiger partial charge in [0, 0.05) is 19.1 Å². The van der Waals surface area contributed by atoms with E-state index >= 15 is 0 Å². The smallest absolute Gasteiger partial charge is 0.240 e. The molecule has 0 aliphatic carbocycles. The fourth-order valence-corrected chi connectivity index (χ4v) is 3.88. The van der Waals surface area contributed by atoms with Gasteiger partial charge in [-0.05, 0) is 42.3 Å². The number of halogens is 1. The SMILES string of the molecule is Cc1ccc(S(=O)(=O)NC[C@@H](NCc2ccc(F)cc2)c2ccccc2)cc1. The van der Waals surface area contributed by atoms with Crippen molar-refractivity contribution in [1.82, 2.24) is 10.0 Å². The monoisotopic (exact) mass is 398 g/mol. The molecule has 0 bridgehead atoms. The summed E-state index contributed by atoms with van der Waals surface area (Å²) in [4.78, 5) is 0.239. The highest BCUT2D eigenvalue weighted by Crippen LogP contribution is 2.15. The van der Waals surface area contributed by atoms with E-state index in [2.05, 4.69) is 10.0 Å². The zero-order chi connectivity index (χ0) is 20.0. The molecule has 3 aromatic rings. The van der Waals surface area contributed by atoms with Crippen molar-refractivity contribution in [1.29, 1.82) is 0 Å². The molecule has 0 aliphatic heterocycles. The Morgan fingerprint density at radius 2 is 1.54 bits per heavy atom. The second-order valence-electron chi connectivity index (χ2n) is 6.64. The minimum Gasteiger partial charge on any atom is -0.305 e. The van der Waals surface area contributed by atoms with E-state index in [9.17, 15) is 12.8 Å². The van der Waals surface area contributed by atoms with Gasteiger partial charge in [-0.25, -0.2) is 17.5 Å². The molecule has 0 heterocycles. The van der Waals surface area contributed by atoms with Crippen molar-refractivity contribution >= 4 is 10.0 Å². The highest BCUT2D eigenvalue weighted by Gasteiger charge is 2.18. The van der Waals surface area contributed by atoms with Crippen LogP contribution in [0.25, 0.3) is 0 Å². The van der Waals surface area contributed by atoms with Crippen LogP contribution in [0.15, 0.2) is 83.8 Å². The van der Waals surface area contributed by atoms with Crippen molar-refractivity contribution < 1.29 is 12.8 Å². The maximum atomic E-state index is 13.1. The number of aryl methyl sites for hydroxylation is 1. The van der Waals surface area contributed by atoms with E-state index in [1.165, 1.54) is 12.1 Å². The Balaban J connectivity index is 1.72. The van der Waals surface area contributed by atoms with Gasteiger partial charge < -0.3 is 5.32 Å². The first-order valence-corrected chi connectivity index (χ1v) is 10.5. The molecule has 0 amide bonds. The Kier molecular flexibility index (Phi) is 6.57. The second kappa shape index (κ2) is 9.10. The summed E-state index contributed by atoms with van der Waals surface area (Å²) in [5.41, 5.74) is 2.89. The number of hydrogen-bond acceptors (Lipinski definition) is 3. The molecule has 0 aliphatic rings. The number of sulfonamides is 1. The van der Waals surface area contributed by atoms with E-state index in [-0.39, 0.29) is 23.3 Å². The molecule has 6 heteroatoms. The molecule has 4 nitrogen and oxygen atoms in total. The van der Waals surface area contributed by atoms with Crippen molar-refractivity contribution in [3.05, 3.63) is 101 Å². The van der Waals surface area contributed by atoms with E-state index < -0.39 is 10.0 Å². The van der Waals surface area contributed by atoms with Crippen molar-refractivity contribution in [3.63, 3.8) is 0 Å². The summed E-state index contributed by atoms with van der Waals surface area (Å²) in [6.07, 6.45) is 0. The molecule has 28 heavy (non-hydrogen) atoms. The Labute approximate surface area is 165 Å². The highest BCUT2D eigenvalue weighted by atomic mass is 32.2. The van der Waals surface area contributed by atoms with E-state index in [4.69, 9.17) is 0 Å².